The third kappa shape index (κ3) is 1.99. The molecule has 5 heteroatoms. The minimum Gasteiger partial charge on any atom is -0.368 e. The SMILES string of the molecule is NC(=O)CNC(=O)C1(Cl)c2ccccc2-c2ccccc21. The van der Waals surface area contributed by atoms with Crippen molar-refractivity contribution in [3.63, 3.8) is 0 Å². The third-order valence-electron chi connectivity index (χ3n) is 3.62. The molecular formula is C16H13ClN2O2. The molecule has 0 aliphatic heterocycles. The van der Waals surface area contributed by atoms with Crippen LogP contribution < -0.4 is 11.1 Å². The van der Waals surface area contributed by atoms with Crippen LogP contribution in [0.2, 0.25) is 0 Å². The fourth-order valence-corrected chi connectivity index (χ4v) is 3.11. The van der Waals surface area contributed by atoms with Crippen LogP contribution in [0.3, 0.4) is 0 Å². The maximum Gasteiger partial charge on any atom is 0.250 e. The second kappa shape index (κ2) is 4.90. The lowest BCUT2D eigenvalue weighted by atomic mass is 9.95. The Kier molecular flexibility index (Phi) is 3.18. The van der Waals surface area contributed by atoms with E-state index in [1.54, 1.807) is 0 Å². The number of hydrogen-bond donors (Lipinski definition) is 2. The van der Waals surface area contributed by atoms with Crippen molar-refractivity contribution in [3.8, 4) is 11.1 Å². The van der Waals surface area contributed by atoms with Crippen molar-refractivity contribution < 1.29 is 9.59 Å². The predicted octanol–water partition coefficient (Wildman–Crippen LogP) is 1.75. The highest BCUT2D eigenvalue weighted by molar-refractivity contribution is 6.39. The summed E-state index contributed by atoms with van der Waals surface area (Å²) in [5, 5.41) is 2.50. The normalized spacial score (nSPS) is 14.1. The number of primary amides is 1. The molecule has 0 radical (unpaired) electrons. The van der Waals surface area contributed by atoms with E-state index in [0.717, 1.165) is 22.3 Å². The van der Waals surface area contributed by atoms with Gasteiger partial charge in [-0.3, -0.25) is 9.59 Å². The number of halogens is 1. The Morgan fingerprint density at radius 2 is 1.48 bits per heavy atom. The van der Waals surface area contributed by atoms with Crippen LogP contribution in [0.5, 0.6) is 0 Å². The van der Waals surface area contributed by atoms with Crippen LogP contribution in [0.1, 0.15) is 11.1 Å². The molecule has 0 unspecified atom stereocenters. The Hall–Kier alpha value is -2.33. The number of benzene rings is 2. The molecule has 0 spiro atoms. The fourth-order valence-electron chi connectivity index (χ4n) is 2.72. The van der Waals surface area contributed by atoms with E-state index in [1.165, 1.54) is 0 Å². The van der Waals surface area contributed by atoms with Gasteiger partial charge in [-0.2, -0.15) is 0 Å². The standard InChI is InChI=1S/C16H13ClN2O2/c17-16(15(21)19-9-14(18)20)12-7-3-1-5-10(12)11-6-2-4-8-13(11)16/h1-8H,9H2,(H2,18,20)(H,19,21). The number of alkyl halides is 1. The van der Waals surface area contributed by atoms with Gasteiger partial charge in [0, 0.05) is 0 Å². The first-order chi connectivity index (χ1) is 10.0. The van der Waals surface area contributed by atoms with Gasteiger partial charge in [0.2, 0.25) is 5.91 Å². The van der Waals surface area contributed by atoms with Crippen molar-refractivity contribution in [1.29, 1.82) is 0 Å². The Balaban J connectivity index is 2.13. The highest BCUT2D eigenvalue weighted by Crippen LogP contribution is 2.51. The van der Waals surface area contributed by atoms with E-state index >= 15 is 0 Å². The molecule has 0 saturated heterocycles. The summed E-state index contributed by atoms with van der Waals surface area (Å²) in [6, 6.07) is 15.0. The van der Waals surface area contributed by atoms with Crippen LogP contribution in [0.15, 0.2) is 48.5 Å². The number of rotatable bonds is 3. The number of carbonyl (C=O) groups excluding carboxylic acids is 2. The number of hydrogen-bond acceptors (Lipinski definition) is 2. The maximum absolute atomic E-state index is 12.5. The summed E-state index contributed by atoms with van der Waals surface area (Å²) in [5.41, 5.74) is 8.37. The molecule has 2 aromatic rings. The molecule has 2 amide bonds. The van der Waals surface area contributed by atoms with Gasteiger partial charge in [0.05, 0.1) is 6.54 Å². The minimum atomic E-state index is -1.33. The molecular weight excluding hydrogens is 288 g/mol. The zero-order valence-electron chi connectivity index (χ0n) is 11.1. The zero-order chi connectivity index (χ0) is 15.0. The molecule has 0 heterocycles. The van der Waals surface area contributed by atoms with Crippen molar-refractivity contribution in [2.45, 2.75) is 4.87 Å². The molecule has 4 nitrogen and oxygen atoms in total. The van der Waals surface area contributed by atoms with E-state index in [1.807, 2.05) is 48.5 Å². The minimum absolute atomic E-state index is 0.238. The number of carbonyl (C=O) groups is 2. The van der Waals surface area contributed by atoms with Gasteiger partial charge in [0.1, 0.15) is 0 Å². The zero-order valence-corrected chi connectivity index (χ0v) is 11.9. The number of fused-ring (bicyclic) bond motifs is 3. The Labute approximate surface area is 126 Å². The summed E-state index contributed by atoms with van der Waals surface area (Å²) in [4.78, 5) is 22.1. The van der Waals surface area contributed by atoms with Crippen LogP contribution in [0.25, 0.3) is 11.1 Å². The smallest absolute Gasteiger partial charge is 0.250 e. The predicted molar refractivity (Wildman–Crippen MR) is 80.7 cm³/mol. The summed E-state index contributed by atoms with van der Waals surface area (Å²) in [7, 11) is 0. The highest BCUT2D eigenvalue weighted by Gasteiger charge is 2.47. The molecule has 1 aliphatic carbocycles. The fraction of sp³-hybridized carbons (Fsp3) is 0.125. The number of nitrogens with two attached hydrogens (primary N) is 1. The van der Waals surface area contributed by atoms with Gasteiger partial charge in [-0.1, -0.05) is 60.1 Å². The topological polar surface area (TPSA) is 72.2 Å². The Bertz CT molecular complexity index is 697. The molecule has 3 N–H and O–H groups in total. The van der Waals surface area contributed by atoms with E-state index < -0.39 is 16.7 Å². The summed E-state index contributed by atoms with van der Waals surface area (Å²) in [6.07, 6.45) is 0. The highest BCUT2D eigenvalue weighted by atomic mass is 35.5. The number of amides is 2. The molecule has 1 aliphatic rings. The molecule has 3 rings (SSSR count). The maximum atomic E-state index is 12.5. The van der Waals surface area contributed by atoms with Gasteiger partial charge < -0.3 is 11.1 Å². The third-order valence-corrected chi connectivity index (χ3v) is 4.20. The van der Waals surface area contributed by atoms with Gasteiger partial charge in [-0.05, 0) is 22.3 Å². The van der Waals surface area contributed by atoms with E-state index in [-0.39, 0.29) is 6.54 Å². The van der Waals surface area contributed by atoms with E-state index in [4.69, 9.17) is 17.3 Å². The van der Waals surface area contributed by atoms with Crippen LogP contribution in [0, 0.1) is 0 Å². The summed E-state index contributed by atoms with van der Waals surface area (Å²) < 4.78 is 0. The quantitative estimate of drug-likeness (QED) is 0.848. The van der Waals surface area contributed by atoms with Crippen LogP contribution in [-0.2, 0) is 14.5 Å². The van der Waals surface area contributed by atoms with Gasteiger partial charge in [0.15, 0.2) is 4.87 Å². The van der Waals surface area contributed by atoms with Crippen LogP contribution >= 0.6 is 11.6 Å². The van der Waals surface area contributed by atoms with Crippen LogP contribution in [0.4, 0.5) is 0 Å². The summed E-state index contributed by atoms with van der Waals surface area (Å²) >= 11 is 6.70. The molecule has 2 aromatic carbocycles. The monoisotopic (exact) mass is 300 g/mol. The largest absolute Gasteiger partial charge is 0.368 e. The van der Waals surface area contributed by atoms with Crippen molar-refractivity contribution in [2.75, 3.05) is 6.54 Å². The first-order valence-electron chi connectivity index (χ1n) is 6.50. The first-order valence-corrected chi connectivity index (χ1v) is 6.88. The van der Waals surface area contributed by atoms with Crippen molar-refractivity contribution in [1.82, 2.24) is 5.32 Å². The van der Waals surface area contributed by atoms with Gasteiger partial charge in [0.25, 0.3) is 5.91 Å². The van der Waals surface area contributed by atoms with Crippen molar-refractivity contribution in [3.05, 3.63) is 59.7 Å². The van der Waals surface area contributed by atoms with E-state index in [0.29, 0.717) is 0 Å². The molecule has 21 heavy (non-hydrogen) atoms. The van der Waals surface area contributed by atoms with Crippen molar-refractivity contribution in [2.24, 2.45) is 5.73 Å². The van der Waals surface area contributed by atoms with E-state index in [9.17, 15) is 9.59 Å². The van der Waals surface area contributed by atoms with Crippen molar-refractivity contribution >= 4 is 23.4 Å². The molecule has 0 atom stereocenters. The van der Waals surface area contributed by atoms with Crippen LogP contribution in [-0.4, -0.2) is 18.4 Å². The lowest BCUT2D eigenvalue weighted by Crippen LogP contribution is -2.43. The molecule has 0 aromatic heterocycles. The second-order valence-electron chi connectivity index (χ2n) is 4.90. The second-order valence-corrected chi connectivity index (χ2v) is 5.47. The number of nitrogens with one attached hydrogen (secondary N) is 1. The summed E-state index contributed by atoms with van der Waals surface area (Å²) in [6.45, 7) is -0.238. The van der Waals surface area contributed by atoms with Gasteiger partial charge in [-0.15, -0.1) is 0 Å². The Morgan fingerprint density at radius 1 is 1.00 bits per heavy atom. The first kappa shape index (κ1) is 13.6. The summed E-state index contributed by atoms with van der Waals surface area (Å²) in [5.74, 6) is -1.05. The van der Waals surface area contributed by atoms with Gasteiger partial charge in [-0.25, -0.2) is 0 Å². The molecule has 0 bridgehead atoms. The average Bonchev–Trinajstić information content (AvgIpc) is 2.77. The molecule has 106 valence electrons. The molecule has 0 saturated carbocycles. The molecule has 0 fully saturated rings. The average molecular weight is 301 g/mol. The Morgan fingerprint density at radius 3 is 1.95 bits per heavy atom. The lowest BCUT2D eigenvalue weighted by Gasteiger charge is -2.23. The van der Waals surface area contributed by atoms with Gasteiger partial charge >= 0.3 is 0 Å². The van der Waals surface area contributed by atoms with E-state index in [2.05, 4.69) is 5.32 Å². The lowest BCUT2D eigenvalue weighted by molar-refractivity contribution is -0.126.